The van der Waals surface area contributed by atoms with Crippen molar-refractivity contribution in [3.8, 4) is 44.8 Å². The maximum absolute atomic E-state index is 3.36. The van der Waals surface area contributed by atoms with Crippen LogP contribution in [0.1, 0.15) is 34.6 Å². The fourth-order valence-electron chi connectivity index (χ4n) is 9.51. The van der Waals surface area contributed by atoms with Gasteiger partial charge in [-0.05, 0) is 143 Å². The highest BCUT2D eigenvalue weighted by Crippen LogP contribution is 2.41. The minimum absolute atomic E-state index is 1.11. The summed E-state index contributed by atoms with van der Waals surface area (Å²) >= 11 is 0. The van der Waals surface area contributed by atoms with Gasteiger partial charge in [0, 0.05) is 50.0 Å². The minimum Gasteiger partial charge on any atom is -0.311 e. The summed E-state index contributed by atoms with van der Waals surface area (Å²) in [5.74, 6) is 0. The Morgan fingerprint density at radius 1 is 0.300 bits per heavy atom. The first-order valence-corrected chi connectivity index (χ1v) is 24.6. The predicted octanol–water partition coefficient (Wildman–Crippen LogP) is 19.6. The topological polar surface area (TPSA) is 13.1 Å². The molecule has 0 unspecified atom stereocenters. The van der Waals surface area contributed by atoms with E-state index in [4.69, 9.17) is 0 Å². The first-order valence-electron chi connectivity index (χ1n) is 24.6. The van der Waals surface area contributed by atoms with Crippen LogP contribution in [-0.2, 0) is 0 Å². The van der Waals surface area contributed by atoms with E-state index < -0.39 is 0 Å². The predicted molar refractivity (Wildman–Crippen MR) is 305 cm³/mol. The van der Waals surface area contributed by atoms with E-state index in [1.165, 1.54) is 77.0 Å². The summed E-state index contributed by atoms with van der Waals surface area (Å²) in [6.45, 7) is 13.2. The van der Waals surface area contributed by atoms with Crippen LogP contribution >= 0.6 is 0 Å². The molecule has 0 amide bonds. The molecular formula is C67H59N3. The molecule has 10 aromatic carbocycles. The van der Waals surface area contributed by atoms with Gasteiger partial charge in [-0.3, -0.25) is 0 Å². The molecule has 0 fully saturated rings. The molecule has 3 nitrogen and oxygen atoms in total. The maximum Gasteiger partial charge on any atom is 0.0541 e. The SMILES string of the molecule is C=CC.CC.CC.c1ccc(-c2ccc(-n3c4ccc(-c5ccc(N(c6ccccc6)c6ccccc6)cc5)cc4c4cc(-c5ccc6c(c5)c5ccccc5n6-c5ccccc5)ccc43)cc2)cc1. The highest BCUT2D eigenvalue weighted by Gasteiger charge is 2.18. The van der Waals surface area contributed by atoms with E-state index in [-0.39, 0.29) is 0 Å². The van der Waals surface area contributed by atoms with E-state index in [9.17, 15) is 0 Å². The third-order valence-corrected chi connectivity index (χ3v) is 12.5. The molecule has 12 aromatic rings. The van der Waals surface area contributed by atoms with E-state index in [0.717, 1.165) is 28.4 Å². The zero-order valence-electron chi connectivity index (χ0n) is 40.8. The summed E-state index contributed by atoms with van der Waals surface area (Å²) in [4.78, 5) is 2.31. The number of benzene rings is 10. The highest BCUT2D eigenvalue weighted by atomic mass is 15.1. The largest absolute Gasteiger partial charge is 0.311 e. The van der Waals surface area contributed by atoms with Crippen LogP contribution < -0.4 is 4.90 Å². The second-order valence-electron chi connectivity index (χ2n) is 16.6. The Hall–Kier alpha value is -8.66. The maximum atomic E-state index is 3.36. The molecule has 0 radical (unpaired) electrons. The van der Waals surface area contributed by atoms with Crippen LogP contribution in [0.15, 0.2) is 261 Å². The Balaban J connectivity index is 0.000000829. The first kappa shape index (κ1) is 46.5. The van der Waals surface area contributed by atoms with Crippen LogP contribution in [0.4, 0.5) is 17.1 Å². The summed E-state index contributed by atoms with van der Waals surface area (Å²) in [6.07, 6.45) is 1.75. The molecule has 0 spiro atoms. The van der Waals surface area contributed by atoms with Crippen molar-refractivity contribution in [2.45, 2.75) is 34.6 Å². The number of fused-ring (bicyclic) bond motifs is 6. The fraction of sp³-hybridized carbons (Fsp3) is 0.0746. The molecule has 342 valence electrons. The van der Waals surface area contributed by atoms with Gasteiger partial charge in [-0.2, -0.15) is 0 Å². The van der Waals surface area contributed by atoms with E-state index in [1.807, 2.05) is 34.6 Å². The van der Waals surface area contributed by atoms with Gasteiger partial charge in [0.2, 0.25) is 0 Å². The van der Waals surface area contributed by atoms with Crippen LogP contribution in [0.25, 0.3) is 88.4 Å². The number of anilines is 3. The van der Waals surface area contributed by atoms with E-state index in [0.29, 0.717) is 0 Å². The smallest absolute Gasteiger partial charge is 0.0541 e. The Labute approximate surface area is 413 Å². The zero-order chi connectivity index (χ0) is 48.4. The molecule has 0 bridgehead atoms. The molecule has 0 atom stereocenters. The monoisotopic (exact) mass is 905 g/mol. The molecule has 12 rings (SSSR count). The number of hydrogen-bond donors (Lipinski definition) is 0. The fourth-order valence-corrected chi connectivity index (χ4v) is 9.51. The van der Waals surface area contributed by atoms with Gasteiger partial charge in [-0.1, -0.05) is 179 Å². The van der Waals surface area contributed by atoms with Crippen LogP contribution in [-0.4, -0.2) is 9.13 Å². The van der Waals surface area contributed by atoms with E-state index in [2.05, 4.69) is 269 Å². The second kappa shape index (κ2) is 21.5. The lowest BCUT2D eigenvalue weighted by Gasteiger charge is -2.25. The minimum atomic E-state index is 1.11. The van der Waals surface area contributed by atoms with Crippen LogP contribution in [0.3, 0.4) is 0 Å². The van der Waals surface area contributed by atoms with Crippen molar-refractivity contribution in [2.24, 2.45) is 0 Å². The number of hydrogen-bond acceptors (Lipinski definition) is 1. The molecule has 2 aromatic heterocycles. The van der Waals surface area contributed by atoms with Gasteiger partial charge in [0.05, 0.1) is 22.1 Å². The molecule has 0 N–H and O–H groups in total. The number of para-hydroxylation sites is 4. The lowest BCUT2D eigenvalue weighted by Crippen LogP contribution is -2.09. The van der Waals surface area contributed by atoms with Crippen molar-refractivity contribution in [1.29, 1.82) is 0 Å². The van der Waals surface area contributed by atoms with E-state index in [1.54, 1.807) is 6.08 Å². The molecule has 0 aliphatic rings. The van der Waals surface area contributed by atoms with Crippen LogP contribution in [0.5, 0.6) is 0 Å². The Kier molecular flexibility index (Phi) is 14.3. The molecule has 70 heavy (non-hydrogen) atoms. The van der Waals surface area contributed by atoms with Gasteiger partial charge in [-0.25, -0.2) is 0 Å². The zero-order valence-corrected chi connectivity index (χ0v) is 40.8. The molecule has 0 saturated heterocycles. The average molecular weight is 906 g/mol. The third kappa shape index (κ3) is 9.06. The van der Waals surface area contributed by atoms with Crippen LogP contribution in [0, 0.1) is 0 Å². The van der Waals surface area contributed by atoms with E-state index >= 15 is 0 Å². The number of nitrogens with zero attached hydrogens (tertiary/aromatic N) is 3. The Morgan fingerprint density at radius 2 is 0.600 bits per heavy atom. The molecule has 0 aliphatic carbocycles. The number of aromatic nitrogens is 2. The highest BCUT2D eigenvalue weighted by molar-refractivity contribution is 6.13. The van der Waals surface area contributed by atoms with Gasteiger partial charge in [-0.15, -0.1) is 6.58 Å². The van der Waals surface area contributed by atoms with Crippen molar-refractivity contribution in [3.05, 3.63) is 261 Å². The van der Waals surface area contributed by atoms with Crippen molar-refractivity contribution in [3.63, 3.8) is 0 Å². The Morgan fingerprint density at radius 3 is 1.09 bits per heavy atom. The molecule has 2 heterocycles. The van der Waals surface area contributed by atoms with Gasteiger partial charge in [0.15, 0.2) is 0 Å². The number of rotatable bonds is 8. The van der Waals surface area contributed by atoms with Gasteiger partial charge in [0.25, 0.3) is 0 Å². The van der Waals surface area contributed by atoms with Crippen molar-refractivity contribution in [2.75, 3.05) is 4.90 Å². The van der Waals surface area contributed by atoms with Crippen molar-refractivity contribution >= 4 is 60.7 Å². The van der Waals surface area contributed by atoms with Crippen molar-refractivity contribution in [1.82, 2.24) is 9.13 Å². The normalized spacial score (nSPS) is 10.7. The quantitative estimate of drug-likeness (QED) is 0.139. The average Bonchev–Trinajstić information content (AvgIpc) is 3.95. The first-order chi connectivity index (χ1) is 34.7. The molecule has 0 aliphatic heterocycles. The Bertz CT molecular complexity index is 3590. The molecular weight excluding hydrogens is 847 g/mol. The third-order valence-electron chi connectivity index (χ3n) is 12.5. The summed E-state index contributed by atoms with van der Waals surface area (Å²) in [7, 11) is 0. The standard InChI is InChI=1S/C60H41N3.C3H6.2C2H6/c1-5-15-42(16-6-1)43-25-34-52(35-26-43)63-59-36-29-45(44-27-32-51(33-28-44)61(48-17-7-2-8-18-48)49-19-9-3-10-20-49)39-55(59)56-41-47(31-38-60(56)63)46-30-37-58-54(40-46)53-23-13-14-24-57(53)62(58)50-21-11-4-12-22-50;1-3-2;2*1-2/h1-41H;3H,1H2,2H3;2*1-2H3. The number of allylic oxidation sites excluding steroid dienone is 1. The lowest BCUT2D eigenvalue weighted by molar-refractivity contribution is 1.18. The summed E-state index contributed by atoms with van der Waals surface area (Å²) in [6, 6.07) is 90.0. The van der Waals surface area contributed by atoms with Gasteiger partial charge >= 0.3 is 0 Å². The van der Waals surface area contributed by atoms with Gasteiger partial charge in [0.1, 0.15) is 0 Å². The summed E-state index contributed by atoms with van der Waals surface area (Å²) in [5.41, 5.74) is 17.6. The summed E-state index contributed by atoms with van der Waals surface area (Å²) < 4.78 is 4.80. The summed E-state index contributed by atoms with van der Waals surface area (Å²) in [5, 5.41) is 4.94. The lowest BCUT2D eigenvalue weighted by atomic mass is 9.99. The molecule has 3 heteroatoms. The second-order valence-corrected chi connectivity index (χ2v) is 16.6. The molecule has 0 saturated carbocycles. The van der Waals surface area contributed by atoms with Crippen molar-refractivity contribution < 1.29 is 0 Å². The van der Waals surface area contributed by atoms with Gasteiger partial charge < -0.3 is 14.0 Å². The van der Waals surface area contributed by atoms with Crippen LogP contribution in [0.2, 0.25) is 0 Å².